The molecule has 0 bridgehead atoms. The van der Waals surface area contributed by atoms with E-state index in [1.807, 2.05) is 0 Å². The molecule has 1 aliphatic heterocycles. The van der Waals surface area contributed by atoms with Crippen molar-refractivity contribution in [3.63, 3.8) is 0 Å². The summed E-state index contributed by atoms with van der Waals surface area (Å²) < 4.78 is 0. The molecule has 94 valence electrons. The van der Waals surface area contributed by atoms with E-state index >= 15 is 0 Å². The average molecular weight is 265 g/mol. The van der Waals surface area contributed by atoms with E-state index in [0.29, 0.717) is 11.4 Å². The third-order valence-corrected chi connectivity index (χ3v) is 2.90. The molecular formula is C10H11N5O2S. The van der Waals surface area contributed by atoms with Crippen molar-refractivity contribution < 1.29 is 9.59 Å². The van der Waals surface area contributed by atoms with Crippen molar-refractivity contribution in [1.82, 2.24) is 15.1 Å². The lowest BCUT2D eigenvalue weighted by Crippen LogP contribution is -2.32. The first-order chi connectivity index (χ1) is 8.50. The number of aromatic nitrogens is 2. The van der Waals surface area contributed by atoms with E-state index in [0.717, 1.165) is 4.90 Å². The Balaban J connectivity index is 2.23. The summed E-state index contributed by atoms with van der Waals surface area (Å²) >= 11 is 4.87. The second-order valence-electron chi connectivity index (χ2n) is 3.85. The van der Waals surface area contributed by atoms with Crippen molar-refractivity contribution >= 4 is 34.8 Å². The zero-order valence-corrected chi connectivity index (χ0v) is 10.4. The Bertz CT molecular complexity index is 533. The first kappa shape index (κ1) is 12.4. The summed E-state index contributed by atoms with van der Waals surface area (Å²) in [6.07, 6.45) is 1.54. The lowest BCUT2D eigenvalue weighted by molar-refractivity contribution is -0.136. The first-order valence-corrected chi connectivity index (χ1v) is 5.60. The maximum absolute atomic E-state index is 11.7. The summed E-state index contributed by atoms with van der Waals surface area (Å²) in [4.78, 5) is 24.3. The zero-order chi connectivity index (χ0) is 13.3. The predicted molar refractivity (Wildman–Crippen MR) is 67.7 cm³/mol. The van der Waals surface area contributed by atoms with Crippen LogP contribution in [0.2, 0.25) is 0 Å². The van der Waals surface area contributed by atoms with Crippen LogP contribution in [-0.2, 0) is 9.59 Å². The molecule has 1 saturated heterocycles. The molecule has 2 heterocycles. The van der Waals surface area contributed by atoms with Crippen LogP contribution in [0.25, 0.3) is 0 Å². The van der Waals surface area contributed by atoms with E-state index in [-0.39, 0.29) is 23.2 Å². The van der Waals surface area contributed by atoms with Crippen molar-refractivity contribution in [3.8, 4) is 0 Å². The molecule has 1 aromatic rings. The van der Waals surface area contributed by atoms with Gasteiger partial charge in [-0.05, 0) is 6.07 Å². The van der Waals surface area contributed by atoms with Crippen molar-refractivity contribution in [2.45, 2.75) is 12.5 Å². The molecule has 1 unspecified atom stereocenters. The number of likely N-dealkylation sites (tertiary alicyclic amines) is 1. The number of nitrogens with zero attached hydrogens (tertiary/aromatic N) is 3. The number of thiocarbonyl (C=S) groups is 1. The Hall–Kier alpha value is -2.09. The molecule has 7 nitrogen and oxygen atoms in total. The number of hydrogen-bond donors (Lipinski definition) is 2. The molecule has 0 aliphatic carbocycles. The normalized spacial score (nSPS) is 19.2. The monoisotopic (exact) mass is 265 g/mol. The first-order valence-electron chi connectivity index (χ1n) is 5.19. The summed E-state index contributed by atoms with van der Waals surface area (Å²) in [5, 5.41) is 10.4. The quantitative estimate of drug-likeness (QED) is 0.549. The van der Waals surface area contributed by atoms with Gasteiger partial charge < -0.3 is 11.1 Å². The number of imide groups is 1. The minimum absolute atomic E-state index is 0.0860. The van der Waals surface area contributed by atoms with Gasteiger partial charge in [-0.2, -0.15) is 5.10 Å². The second kappa shape index (κ2) is 4.65. The van der Waals surface area contributed by atoms with Crippen molar-refractivity contribution in [2.24, 2.45) is 5.73 Å². The van der Waals surface area contributed by atoms with Crippen molar-refractivity contribution in [1.29, 1.82) is 0 Å². The largest absolute Gasteiger partial charge is 0.389 e. The van der Waals surface area contributed by atoms with E-state index < -0.39 is 6.04 Å². The molecule has 18 heavy (non-hydrogen) atoms. The molecule has 3 N–H and O–H groups in total. The number of nitrogens with one attached hydrogen (secondary N) is 1. The summed E-state index contributed by atoms with van der Waals surface area (Å²) in [5.41, 5.74) is 6.03. The van der Waals surface area contributed by atoms with Gasteiger partial charge in [0.15, 0.2) is 5.82 Å². The van der Waals surface area contributed by atoms with Gasteiger partial charge in [-0.1, -0.05) is 12.2 Å². The van der Waals surface area contributed by atoms with Gasteiger partial charge in [0.05, 0.1) is 18.2 Å². The van der Waals surface area contributed by atoms with Gasteiger partial charge in [-0.3, -0.25) is 14.5 Å². The number of amides is 2. The van der Waals surface area contributed by atoms with Crippen LogP contribution in [0, 0.1) is 0 Å². The second-order valence-corrected chi connectivity index (χ2v) is 4.29. The Labute approximate surface area is 108 Å². The number of carbonyl (C=O) groups is 2. The molecule has 1 aromatic heterocycles. The van der Waals surface area contributed by atoms with E-state index in [9.17, 15) is 9.59 Å². The summed E-state index contributed by atoms with van der Waals surface area (Å²) in [6, 6.07) is 0.954. The van der Waals surface area contributed by atoms with Crippen LogP contribution in [0.15, 0.2) is 12.3 Å². The van der Waals surface area contributed by atoms with E-state index in [2.05, 4.69) is 15.5 Å². The third-order valence-electron chi connectivity index (χ3n) is 2.68. The van der Waals surface area contributed by atoms with Crippen LogP contribution in [0.3, 0.4) is 0 Å². The fraction of sp³-hybridized carbons (Fsp3) is 0.300. The van der Waals surface area contributed by atoms with Gasteiger partial charge in [0.1, 0.15) is 11.0 Å². The number of hydrogen-bond acceptors (Lipinski definition) is 6. The van der Waals surface area contributed by atoms with E-state index in [1.54, 1.807) is 6.07 Å². The fourth-order valence-corrected chi connectivity index (χ4v) is 1.84. The van der Waals surface area contributed by atoms with Crippen LogP contribution in [0.5, 0.6) is 0 Å². The van der Waals surface area contributed by atoms with Gasteiger partial charge in [0, 0.05) is 7.05 Å². The van der Waals surface area contributed by atoms with Gasteiger partial charge in [0.2, 0.25) is 5.91 Å². The average Bonchev–Trinajstić information content (AvgIpc) is 2.57. The van der Waals surface area contributed by atoms with Crippen molar-refractivity contribution in [3.05, 3.63) is 17.8 Å². The highest BCUT2D eigenvalue weighted by atomic mass is 32.1. The Kier molecular flexibility index (Phi) is 3.19. The maximum Gasteiger partial charge on any atom is 0.251 e. The lowest BCUT2D eigenvalue weighted by atomic mass is 10.2. The molecule has 1 fully saturated rings. The Morgan fingerprint density at radius 3 is 2.89 bits per heavy atom. The smallest absolute Gasteiger partial charge is 0.251 e. The fourth-order valence-electron chi connectivity index (χ4n) is 1.67. The van der Waals surface area contributed by atoms with Gasteiger partial charge in [-0.25, -0.2) is 0 Å². The molecule has 8 heteroatoms. The van der Waals surface area contributed by atoms with Gasteiger partial charge >= 0.3 is 0 Å². The minimum Gasteiger partial charge on any atom is -0.389 e. The van der Waals surface area contributed by atoms with Crippen LogP contribution in [0.1, 0.15) is 12.0 Å². The topological polar surface area (TPSA) is 101 Å². The third kappa shape index (κ3) is 2.14. The van der Waals surface area contributed by atoms with Crippen LogP contribution in [0.4, 0.5) is 5.82 Å². The maximum atomic E-state index is 11.7. The number of nitrogens with two attached hydrogens (primary N) is 1. The zero-order valence-electron chi connectivity index (χ0n) is 9.58. The molecule has 0 radical (unpaired) electrons. The highest BCUT2D eigenvalue weighted by Crippen LogP contribution is 2.18. The Morgan fingerprint density at radius 2 is 2.33 bits per heavy atom. The Morgan fingerprint density at radius 1 is 1.61 bits per heavy atom. The molecule has 0 spiro atoms. The van der Waals surface area contributed by atoms with Crippen LogP contribution in [-0.4, -0.2) is 45.0 Å². The molecule has 1 aliphatic rings. The molecule has 0 aromatic carbocycles. The predicted octanol–water partition coefficient (Wildman–Crippen LogP) is -0.720. The summed E-state index contributed by atoms with van der Waals surface area (Å²) in [5.74, 6) is -0.232. The molecule has 2 rings (SSSR count). The molecular weight excluding hydrogens is 254 g/mol. The molecule has 1 atom stereocenters. The van der Waals surface area contributed by atoms with Gasteiger partial charge in [0.25, 0.3) is 5.91 Å². The SMILES string of the molecule is CN1C(=O)CC(Nc2nnccc2C(N)=S)C1=O. The summed E-state index contributed by atoms with van der Waals surface area (Å²) in [6.45, 7) is 0. The number of carbonyl (C=O) groups excluding carboxylic acids is 2. The number of rotatable bonds is 3. The van der Waals surface area contributed by atoms with Gasteiger partial charge in [-0.15, -0.1) is 5.10 Å². The highest BCUT2D eigenvalue weighted by Gasteiger charge is 2.36. The molecule has 0 saturated carbocycles. The summed E-state index contributed by atoms with van der Waals surface area (Å²) in [7, 11) is 1.44. The highest BCUT2D eigenvalue weighted by molar-refractivity contribution is 7.80. The lowest BCUT2D eigenvalue weighted by Gasteiger charge is -2.13. The standard InChI is InChI=1S/C10H11N5O2S/c1-15-7(16)4-6(10(15)17)13-9-5(8(11)18)2-3-12-14-9/h2-3,6H,4H2,1H3,(H2,11,18)(H,13,14). The van der Waals surface area contributed by atoms with E-state index in [4.69, 9.17) is 18.0 Å². The van der Waals surface area contributed by atoms with Crippen LogP contribution >= 0.6 is 12.2 Å². The van der Waals surface area contributed by atoms with Crippen LogP contribution < -0.4 is 11.1 Å². The van der Waals surface area contributed by atoms with Crippen molar-refractivity contribution in [2.75, 3.05) is 12.4 Å². The van der Waals surface area contributed by atoms with E-state index in [1.165, 1.54) is 13.2 Å². The number of anilines is 1. The number of likely N-dealkylation sites (N-methyl/N-ethyl adjacent to an activating group) is 1. The molecule has 2 amide bonds. The minimum atomic E-state index is -0.646.